The minimum Gasteiger partial charge on any atom is -0.368 e. The van der Waals surface area contributed by atoms with Crippen molar-refractivity contribution in [3.63, 3.8) is 0 Å². The van der Waals surface area contributed by atoms with E-state index >= 15 is 0 Å². The monoisotopic (exact) mass is 288 g/mol. The van der Waals surface area contributed by atoms with Crippen LogP contribution in [0, 0.1) is 0 Å². The van der Waals surface area contributed by atoms with Crippen molar-refractivity contribution in [2.45, 2.75) is 44.8 Å². The summed E-state index contributed by atoms with van der Waals surface area (Å²) < 4.78 is 5.39. The Morgan fingerprint density at radius 3 is 2.57 bits per heavy atom. The van der Waals surface area contributed by atoms with Crippen LogP contribution >= 0.6 is 0 Å². The first kappa shape index (κ1) is 14.5. The minimum atomic E-state index is -0.266. The van der Waals surface area contributed by atoms with Crippen LogP contribution in [0.5, 0.6) is 0 Å². The van der Waals surface area contributed by atoms with Gasteiger partial charge >= 0.3 is 0 Å². The van der Waals surface area contributed by atoms with Crippen LogP contribution in [0.2, 0.25) is 0 Å². The highest BCUT2D eigenvalue weighted by atomic mass is 16.5. The van der Waals surface area contributed by atoms with E-state index in [4.69, 9.17) is 4.74 Å². The van der Waals surface area contributed by atoms with Gasteiger partial charge < -0.3 is 10.1 Å². The Bertz CT molecular complexity index is 460. The summed E-state index contributed by atoms with van der Waals surface area (Å²) in [5.74, 6) is -0.0173. The molecule has 2 aliphatic rings. The van der Waals surface area contributed by atoms with Crippen LogP contribution in [0.4, 0.5) is 5.69 Å². The van der Waals surface area contributed by atoms with Gasteiger partial charge in [0, 0.05) is 18.8 Å². The molecule has 1 amide bonds. The molecule has 1 aromatic carbocycles. The largest absolute Gasteiger partial charge is 0.368 e. The lowest BCUT2D eigenvalue weighted by molar-refractivity contribution is -0.124. The normalized spacial score (nSPS) is 23.1. The number of piperidine rings is 1. The number of hydrogen-bond acceptors (Lipinski definition) is 3. The van der Waals surface area contributed by atoms with Crippen molar-refractivity contribution in [1.29, 1.82) is 0 Å². The molecular formula is C17H24N2O2. The van der Waals surface area contributed by atoms with Gasteiger partial charge in [0.15, 0.2) is 0 Å². The van der Waals surface area contributed by atoms with Crippen LogP contribution in [0.25, 0.3) is 0 Å². The van der Waals surface area contributed by atoms with Crippen molar-refractivity contribution in [2.24, 2.45) is 0 Å². The van der Waals surface area contributed by atoms with Gasteiger partial charge in [-0.3, -0.25) is 9.69 Å². The number of amides is 1. The number of benzene rings is 1. The summed E-state index contributed by atoms with van der Waals surface area (Å²) in [6.07, 6.45) is 5.54. The van der Waals surface area contributed by atoms with E-state index in [2.05, 4.69) is 22.3 Å². The van der Waals surface area contributed by atoms with Crippen molar-refractivity contribution in [1.82, 2.24) is 4.90 Å². The summed E-state index contributed by atoms with van der Waals surface area (Å²) in [5, 5.41) is 2.94. The van der Waals surface area contributed by atoms with Crippen LogP contribution in [-0.2, 0) is 16.1 Å². The predicted molar refractivity (Wildman–Crippen MR) is 83.2 cm³/mol. The molecule has 21 heavy (non-hydrogen) atoms. The van der Waals surface area contributed by atoms with E-state index in [0.717, 1.165) is 25.1 Å². The first-order chi connectivity index (χ1) is 10.3. The third kappa shape index (κ3) is 4.05. The first-order valence-corrected chi connectivity index (χ1v) is 8.05. The SMILES string of the molecule is O=C(Nc1ccc(CN2CCCCC2)cc1)C1CCCO1. The standard InChI is InChI=1S/C17H24N2O2/c20-17(16-5-4-12-21-16)18-15-8-6-14(7-9-15)13-19-10-2-1-3-11-19/h6-9,16H,1-5,10-13H2,(H,18,20). The number of anilines is 1. The molecule has 4 heteroatoms. The number of hydrogen-bond donors (Lipinski definition) is 1. The Hall–Kier alpha value is -1.39. The Morgan fingerprint density at radius 2 is 1.90 bits per heavy atom. The number of ether oxygens (including phenoxy) is 1. The van der Waals surface area contributed by atoms with Gasteiger partial charge in [-0.1, -0.05) is 18.6 Å². The van der Waals surface area contributed by atoms with Crippen molar-refractivity contribution >= 4 is 11.6 Å². The molecule has 0 aliphatic carbocycles. The van der Waals surface area contributed by atoms with Gasteiger partial charge in [0.1, 0.15) is 6.10 Å². The lowest BCUT2D eigenvalue weighted by atomic mass is 10.1. The summed E-state index contributed by atoms with van der Waals surface area (Å²) in [4.78, 5) is 14.5. The minimum absolute atomic E-state index is 0.0173. The number of likely N-dealkylation sites (tertiary alicyclic amines) is 1. The number of nitrogens with one attached hydrogen (secondary N) is 1. The van der Waals surface area contributed by atoms with E-state index in [1.165, 1.54) is 37.9 Å². The fourth-order valence-corrected chi connectivity index (χ4v) is 3.08. The van der Waals surface area contributed by atoms with Crippen LogP contribution in [0.15, 0.2) is 24.3 Å². The van der Waals surface area contributed by atoms with E-state index in [1.807, 2.05) is 12.1 Å². The Kier molecular flexibility index (Phi) is 4.88. The molecule has 0 spiro atoms. The third-order valence-electron chi connectivity index (χ3n) is 4.30. The molecule has 0 aromatic heterocycles. The lowest BCUT2D eigenvalue weighted by Crippen LogP contribution is -2.29. The molecule has 0 saturated carbocycles. The average molecular weight is 288 g/mol. The van der Waals surface area contributed by atoms with Crippen LogP contribution in [0.3, 0.4) is 0 Å². The van der Waals surface area contributed by atoms with E-state index in [9.17, 15) is 4.79 Å². The smallest absolute Gasteiger partial charge is 0.253 e. The molecule has 1 N–H and O–H groups in total. The highest BCUT2D eigenvalue weighted by Crippen LogP contribution is 2.17. The van der Waals surface area contributed by atoms with Gasteiger partial charge in [-0.05, 0) is 56.5 Å². The van der Waals surface area contributed by atoms with Crippen LogP contribution in [-0.4, -0.2) is 36.6 Å². The highest BCUT2D eigenvalue weighted by molar-refractivity contribution is 5.94. The molecule has 1 aromatic rings. The summed E-state index contributed by atoms with van der Waals surface area (Å²) in [5.41, 5.74) is 2.17. The molecule has 0 radical (unpaired) electrons. The summed E-state index contributed by atoms with van der Waals surface area (Å²) in [6.45, 7) is 4.13. The number of carbonyl (C=O) groups excluding carboxylic acids is 1. The first-order valence-electron chi connectivity index (χ1n) is 8.05. The third-order valence-corrected chi connectivity index (χ3v) is 4.30. The van der Waals surface area contributed by atoms with Gasteiger partial charge in [-0.15, -0.1) is 0 Å². The Balaban J connectivity index is 1.52. The molecule has 2 aliphatic heterocycles. The highest BCUT2D eigenvalue weighted by Gasteiger charge is 2.23. The Morgan fingerprint density at radius 1 is 1.14 bits per heavy atom. The Labute approximate surface area is 126 Å². The van der Waals surface area contributed by atoms with Gasteiger partial charge in [0.05, 0.1) is 0 Å². The summed E-state index contributed by atoms with van der Waals surface area (Å²) in [6, 6.07) is 8.21. The van der Waals surface area contributed by atoms with E-state index in [1.54, 1.807) is 0 Å². The van der Waals surface area contributed by atoms with Gasteiger partial charge in [-0.25, -0.2) is 0 Å². The van der Waals surface area contributed by atoms with Gasteiger partial charge in [0.2, 0.25) is 0 Å². The zero-order valence-corrected chi connectivity index (χ0v) is 12.5. The zero-order valence-electron chi connectivity index (χ0n) is 12.5. The van der Waals surface area contributed by atoms with E-state index in [0.29, 0.717) is 6.61 Å². The molecule has 3 rings (SSSR count). The maximum absolute atomic E-state index is 12.0. The molecule has 2 heterocycles. The van der Waals surface area contributed by atoms with Gasteiger partial charge in [0.25, 0.3) is 5.91 Å². The average Bonchev–Trinajstić information content (AvgIpc) is 3.05. The molecule has 1 atom stereocenters. The van der Waals surface area contributed by atoms with Gasteiger partial charge in [-0.2, -0.15) is 0 Å². The van der Waals surface area contributed by atoms with E-state index in [-0.39, 0.29) is 12.0 Å². The summed E-state index contributed by atoms with van der Waals surface area (Å²) >= 11 is 0. The molecule has 4 nitrogen and oxygen atoms in total. The second-order valence-electron chi connectivity index (χ2n) is 6.02. The fraction of sp³-hybridized carbons (Fsp3) is 0.588. The molecule has 2 fully saturated rings. The lowest BCUT2D eigenvalue weighted by Gasteiger charge is -2.26. The molecule has 0 bridgehead atoms. The van der Waals surface area contributed by atoms with Crippen LogP contribution < -0.4 is 5.32 Å². The number of nitrogens with zero attached hydrogens (tertiary/aromatic N) is 1. The summed E-state index contributed by atoms with van der Waals surface area (Å²) in [7, 11) is 0. The maximum atomic E-state index is 12.0. The second-order valence-corrected chi connectivity index (χ2v) is 6.02. The van der Waals surface area contributed by atoms with Crippen molar-refractivity contribution in [3.8, 4) is 0 Å². The molecule has 2 saturated heterocycles. The predicted octanol–water partition coefficient (Wildman–Crippen LogP) is 2.79. The topological polar surface area (TPSA) is 41.6 Å². The van der Waals surface area contributed by atoms with Crippen molar-refractivity contribution < 1.29 is 9.53 Å². The zero-order chi connectivity index (χ0) is 14.5. The number of carbonyl (C=O) groups is 1. The van der Waals surface area contributed by atoms with Crippen molar-refractivity contribution in [3.05, 3.63) is 29.8 Å². The molecule has 1 unspecified atom stereocenters. The van der Waals surface area contributed by atoms with Crippen molar-refractivity contribution in [2.75, 3.05) is 25.0 Å². The quantitative estimate of drug-likeness (QED) is 0.926. The fourth-order valence-electron chi connectivity index (χ4n) is 3.08. The number of rotatable bonds is 4. The van der Waals surface area contributed by atoms with Crippen LogP contribution in [0.1, 0.15) is 37.7 Å². The molecular weight excluding hydrogens is 264 g/mol. The second kappa shape index (κ2) is 7.05. The molecule has 114 valence electrons. The van der Waals surface area contributed by atoms with E-state index < -0.39 is 0 Å². The maximum Gasteiger partial charge on any atom is 0.253 e.